The van der Waals surface area contributed by atoms with Crippen molar-refractivity contribution in [3.8, 4) is 22.3 Å². The van der Waals surface area contributed by atoms with Crippen molar-refractivity contribution in [3.63, 3.8) is 0 Å². The number of nitrogens with zero attached hydrogens (tertiary/aromatic N) is 3. The highest BCUT2D eigenvalue weighted by atomic mass is 19.4. The van der Waals surface area contributed by atoms with Crippen LogP contribution in [0.3, 0.4) is 0 Å². The van der Waals surface area contributed by atoms with Crippen molar-refractivity contribution in [2.24, 2.45) is 0 Å². The highest BCUT2D eigenvalue weighted by Gasteiger charge is 2.32. The van der Waals surface area contributed by atoms with Crippen LogP contribution in [-0.2, 0) is 6.18 Å². The summed E-state index contributed by atoms with van der Waals surface area (Å²) in [6.45, 7) is 1.83. The predicted octanol–water partition coefficient (Wildman–Crippen LogP) is 4.12. The summed E-state index contributed by atoms with van der Waals surface area (Å²) in [4.78, 5) is 11.8. The van der Waals surface area contributed by atoms with Gasteiger partial charge in [-0.15, -0.1) is 0 Å². The molecule has 0 fully saturated rings. The SMILES string of the molecule is Cc1nccc(-c2ccc(C(F)(F)F)nc2)c1-c1ccc(N)nc1. The maximum Gasteiger partial charge on any atom is 0.433 e. The van der Waals surface area contributed by atoms with Crippen LogP contribution in [0.1, 0.15) is 11.4 Å². The normalized spacial score (nSPS) is 11.5. The zero-order valence-corrected chi connectivity index (χ0v) is 12.7. The Morgan fingerprint density at radius 1 is 0.875 bits per heavy atom. The lowest BCUT2D eigenvalue weighted by atomic mass is 9.95. The highest BCUT2D eigenvalue weighted by molar-refractivity contribution is 5.84. The first-order valence-corrected chi connectivity index (χ1v) is 7.07. The van der Waals surface area contributed by atoms with E-state index >= 15 is 0 Å². The number of anilines is 1. The Balaban J connectivity index is 2.12. The highest BCUT2D eigenvalue weighted by Crippen LogP contribution is 2.34. The van der Waals surface area contributed by atoms with Gasteiger partial charge in [0.05, 0.1) is 0 Å². The number of rotatable bonds is 2. The van der Waals surface area contributed by atoms with Gasteiger partial charge in [0, 0.05) is 41.0 Å². The molecule has 0 atom stereocenters. The lowest BCUT2D eigenvalue weighted by Crippen LogP contribution is -2.07. The van der Waals surface area contributed by atoms with Crippen molar-refractivity contribution in [1.29, 1.82) is 0 Å². The second kappa shape index (κ2) is 5.92. The molecule has 0 aromatic carbocycles. The van der Waals surface area contributed by atoms with Crippen LogP contribution in [0, 0.1) is 6.92 Å². The fourth-order valence-electron chi connectivity index (χ4n) is 2.45. The summed E-state index contributed by atoms with van der Waals surface area (Å²) in [6.07, 6.45) is -0.0286. The number of aromatic nitrogens is 3. The molecule has 24 heavy (non-hydrogen) atoms. The Hall–Kier alpha value is -2.96. The summed E-state index contributed by atoms with van der Waals surface area (Å²) in [5.74, 6) is 0.387. The minimum atomic E-state index is -4.46. The van der Waals surface area contributed by atoms with Crippen molar-refractivity contribution in [2.75, 3.05) is 5.73 Å². The molecule has 0 aliphatic carbocycles. The largest absolute Gasteiger partial charge is 0.433 e. The number of alkyl halides is 3. The van der Waals surface area contributed by atoms with Gasteiger partial charge in [-0.3, -0.25) is 9.97 Å². The van der Waals surface area contributed by atoms with Gasteiger partial charge < -0.3 is 5.73 Å². The van der Waals surface area contributed by atoms with Gasteiger partial charge in [-0.05, 0) is 36.8 Å². The van der Waals surface area contributed by atoms with E-state index in [9.17, 15) is 13.2 Å². The third-order valence-corrected chi connectivity index (χ3v) is 3.58. The van der Waals surface area contributed by atoms with E-state index in [1.807, 2.05) is 6.92 Å². The molecular weight excluding hydrogens is 317 g/mol. The van der Waals surface area contributed by atoms with Gasteiger partial charge >= 0.3 is 6.18 Å². The monoisotopic (exact) mass is 330 g/mol. The maximum atomic E-state index is 12.7. The molecular formula is C17H13F3N4. The Labute approximate surface area is 136 Å². The second-order valence-electron chi connectivity index (χ2n) is 5.22. The number of pyridine rings is 3. The van der Waals surface area contributed by atoms with Crippen molar-refractivity contribution in [1.82, 2.24) is 15.0 Å². The zero-order chi connectivity index (χ0) is 17.3. The summed E-state index contributed by atoms with van der Waals surface area (Å²) in [6, 6.07) is 7.57. The van der Waals surface area contributed by atoms with E-state index in [0.29, 0.717) is 11.4 Å². The molecule has 0 aliphatic heterocycles. The minimum Gasteiger partial charge on any atom is -0.384 e. The zero-order valence-electron chi connectivity index (χ0n) is 12.7. The Kier molecular flexibility index (Phi) is 3.92. The molecule has 0 spiro atoms. The van der Waals surface area contributed by atoms with E-state index in [0.717, 1.165) is 28.5 Å². The molecule has 7 heteroatoms. The molecule has 0 bridgehead atoms. The lowest BCUT2D eigenvalue weighted by Gasteiger charge is -2.13. The average molecular weight is 330 g/mol. The topological polar surface area (TPSA) is 64.7 Å². The summed E-state index contributed by atoms with van der Waals surface area (Å²) in [7, 11) is 0. The summed E-state index contributed by atoms with van der Waals surface area (Å²) in [5.41, 5.74) is 8.29. The molecule has 3 aromatic rings. The number of nitrogens with two attached hydrogens (primary N) is 1. The molecule has 122 valence electrons. The molecule has 3 heterocycles. The van der Waals surface area contributed by atoms with Crippen LogP contribution in [0.4, 0.5) is 19.0 Å². The number of nitrogen functional groups attached to an aromatic ring is 1. The van der Waals surface area contributed by atoms with Crippen molar-refractivity contribution < 1.29 is 13.2 Å². The fraction of sp³-hybridized carbons (Fsp3) is 0.118. The van der Waals surface area contributed by atoms with Gasteiger partial charge in [0.25, 0.3) is 0 Å². The smallest absolute Gasteiger partial charge is 0.384 e. The third kappa shape index (κ3) is 3.05. The Bertz CT molecular complexity index is 856. The molecule has 4 nitrogen and oxygen atoms in total. The molecule has 0 unspecified atom stereocenters. The first kappa shape index (κ1) is 15.9. The standard InChI is InChI=1S/C17H13F3N4/c1-10-16(12-3-5-15(21)24-9-12)13(6-7-22-10)11-2-4-14(23-8-11)17(18,19)20/h2-9H,1H3,(H2,21,24). The Morgan fingerprint density at radius 3 is 2.17 bits per heavy atom. The number of hydrogen-bond acceptors (Lipinski definition) is 4. The minimum absolute atomic E-state index is 0.387. The average Bonchev–Trinajstić information content (AvgIpc) is 2.55. The van der Waals surface area contributed by atoms with Crippen LogP contribution >= 0.6 is 0 Å². The molecule has 0 aliphatic rings. The summed E-state index contributed by atoms with van der Waals surface area (Å²) in [5, 5.41) is 0. The fourth-order valence-corrected chi connectivity index (χ4v) is 2.45. The van der Waals surface area contributed by atoms with Crippen LogP contribution in [0.2, 0.25) is 0 Å². The van der Waals surface area contributed by atoms with Gasteiger partial charge in [-0.25, -0.2) is 4.98 Å². The first-order valence-electron chi connectivity index (χ1n) is 7.07. The lowest BCUT2D eigenvalue weighted by molar-refractivity contribution is -0.141. The van der Waals surface area contributed by atoms with Gasteiger partial charge in [-0.1, -0.05) is 6.07 Å². The molecule has 0 radical (unpaired) electrons. The third-order valence-electron chi connectivity index (χ3n) is 3.58. The van der Waals surface area contributed by atoms with Crippen molar-refractivity contribution in [2.45, 2.75) is 13.1 Å². The molecule has 0 saturated heterocycles. The van der Waals surface area contributed by atoms with Crippen molar-refractivity contribution in [3.05, 3.63) is 60.3 Å². The van der Waals surface area contributed by atoms with Gasteiger partial charge in [0.2, 0.25) is 0 Å². The van der Waals surface area contributed by atoms with Crippen molar-refractivity contribution >= 4 is 5.82 Å². The van der Waals surface area contributed by atoms with Crippen LogP contribution in [0.5, 0.6) is 0 Å². The second-order valence-corrected chi connectivity index (χ2v) is 5.22. The van der Waals surface area contributed by atoms with E-state index in [4.69, 9.17) is 5.73 Å². The summed E-state index contributed by atoms with van der Waals surface area (Å²) >= 11 is 0. The number of halogens is 3. The van der Waals surface area contributed by atoms with Crippen LogP contribution in [-0.4, -0.2) is 15.0 Å². The molecule has 0 amide bonds. The van der Waals surface area contributed by atoms with Gasteiger partial charge in [0.15, 0.2) is 0 Å². The molecule has 3 rings (SSSR count). The first-order chi connectivity index (χ1) is 11.4. The van der Waals surface area contributed by atoms with Gasteiger partial charge in [-0.2, -0.15) is 13.2 Å². The van der Waals surface area contributed by atoms with Crippen LogP contribution < -0.4 is 5.73 Å². The molecule has 2 N–H and O–H groups in total. The molecule has 0 saturated carbocycles. The van der Waals surface area contributed by atoms with E-state index in [-0.39, 0.29) is 0 Å². The quantitative estimate of drug-likeness (QED) is 0.768. The number of aryl methyl sites for hydroxylation is 1. The Morgan fingerprint density at radius 2 is 1.58 bits per heavy atom. The summed E-state index contributed by atoms with van der Waals surface area (Å²) < 4.78 is 38.0. The van der Waals surface area contributed by atoms with Crippen LogP contribution in [0.25, 0.3) is 22.3 Å². The van der Waals surface area contributed by atoms with Gasteiger partial charge in [0.1, 0.15) is 11.5 Å². The van der Waals surface area contributed by atoms with E-state index in [2.05, 4.69) is 15.0 Å². The van der Waals surface area contributed by atoms with Crippen LogP contribution in [0.15, 0.2) is 48.9 Å². The van der Waals surface area contributed by atoms with E-state index < -0.39 is 11.9 Å². The van der Waals surface area contributed by atoms with E-state index in [1.165, 1.54) is 12.3 Å². The van der Waals surface area contributed by atoms with E-state index in [1.54, 1.807) is 30.6 Å². The predicted molar refractivity (Wildman–Crippen MR) is 84.9 cm³/mol. The maximum absolute atomic E-state index is 12.7. The molecule has 3 aromatic heterocycles. The number of hydrogen-bond donors (Lipinski definition) is 1.